The van der Waals surface area contributed by atoms with Crippen LogP contribution in [-0.2, 0) is 0 Å². The largest absolute Gasteiger partial charge is 0.496 e. The number of rotatable bonds is 4. The minimum Gasteiger partial charge on any atom is -0.496 e. The Bertz CT molecular complexity index is 899. The van der Waals surface area contributed by atoms with Gasteiger partial charge in [-0.3, -0.25) is 4.79 Å². The van der Waals surface area contributed by atoms with Crippen LogP contribution >= 0.6 is 11.6 Å². The predicted octanol–water partition coefficient (Wildman–Crippen LogP) is 4.40. The zero-order valence-electron chi connectivity index (χ0n) is 13.1. The molecule has 0 unspecified atom stereocenters. The van der Waals surface area contributed by atoms with Gasteiger partial charge in [0.1, 0.15) is 11.5 Å². The number of aldehydes is 1. The molecule has 0 aliphatic carbocycles. The van der Waals surface area contributed by atoms with Crippen LogP contribution in [0.4, 0.5) is 0 Å². The number of ether oxygens (including phenoxy) is 2. The van der Waals surface area contributed by atoms with Gasteiger partial charge in [0.25, 0.3) is 0 Å². The normalized spacial score (nSPS) is 10.8. The molecule has 0 bridgehead atoms. The second-order valence-corrected chi connectivity index (χ2v) is 5.66. The van der Waals surface area contributed by atoms with Crippen LogP contribution in [0.5, 0.6) is 11.5 Å². The van der Waals surface area contributed by atoms with Crippen LogP contribution in [-0.4, -0.2) is 24.9 Å². The SMILES string of the molecule is COc1cc(OC)c(-c2cc3ccc(C)cn3c2C=O)cc1Cl. The zero-order chi connectivity index (χ0) is 16.6. The van der Waals surface area contributed by atoms with Gasteiger partial charge < -0.3 is 13.9 Å². The van der Waals surface area contributed by atoms with Crippen molar-refractivity contribution in [3.8, 4) is 22.6 Å². The predicted molar refractivity (Wildman–Crippen MR) is 91.1 cm³/mol. The van der Waals surface area contributed by atoms with Crippen molar-refractivity contribution in [3.63, 3.8) is 0 Å². The molecule has 4 nitrogen and oxygen atoms in total. The molecule has 0 aliphatic rings. The van der Waals surface area contributed by atoms with Gasteiger partial charge in [-0.2, -0.15) is 0 Å². The molecule has 3 rings (SSSR count). The number of benzene rings is 1. The maximum Gasteiger partial charge on any atom is 0.167 e. The van der Waals surface area contributed by atoms with Crippen molar-refractivity contribution < 1.29 is 14.3 Å². The van der Waals surface area contributed by atoms with E-state index in [2.05, 4.69) is 0 Å². The molecule has 0 aliphatic heterocycles. The molecule has 0 radical (unpaired) electrons. The second-order valence-electron chi connectivity index (χ2n) is 5.25. The third-order valence-electron chi connectivity index (χ3n) is 3.83. The fourth-order valence-electron chi connectivity index (χ4n) is 2.70. The Morgan fingerprint density at radius 1 is 1.04 bits per heavy atom. The van der Waals surface area contributed by atoms with Crippen LogP contribution in [0, 0.1) is 6.92 Å². The summed E-state index contributed by atoms with van der Waals surface area (Å²) in [6.45, 7) is 1.98. The summed E-state index contributed by atoms with van der Waals surface area (Å²) in [5.74, 6) is 1.13. The molecule has 0 atom stereocenters. The van der Waals surface area contributed by atoms with E-state index in [-0.39, 0.29) is 0 Å². The second kappa shape index (κ2) is 5.97. The molecular formula is C18H16ClNO3. The average molecular weight is 330 g/mol. The van der Waals surface area contributed by atoms with Gasteiger partial charge in [0, 0.05) is 28.9 Å². The van der Waals surface area contributed by atoms with E-state index in [9.17, 15) is 4.79 Å². The van der Waals surface area contributed by atoms with E-state index in [1.54, 1.807) is 26.4 Å². The lowest BCUT2D eigenvalue weighted by atomic mass is 10.0. The summed E-state index contributed by atoms with van der Waals surface area (Å²) < 4.78 is 12.5. The average Bonchev–Trinajstić information content (AvgIpc) is 2.91. The number of aromatic nitrogens is 1. The Morgan fingerprint density at radius 3 is 2.43 bits per heavy atom. The van der Waals surface area contributed by atoms with Gasteiger partial charge in [0.2, 0.25) is 0 Å². The third-order valence-corrected chi connectivity index (χ3v) is 4.13. The van der Waals surface area contributed by atoms with Gasteiger partial charge in [-0.05, 0) is 30.7 Å². The molecule has 23 heavy (non-hydrogen) atoms. The summed E-state index contributed by atoms with van der Waals surface area (Å²) in [5, 5.41) is 0.464. The molecule has 0 N–H and O–H groups in total. The summed E-state index contributed by atoms with van der Waals surface area (Å²) in [7, 11) is 3.12. The minimum atomic E-state index is 0.464. The van der Waals surface area contributed by atoms with Gasteiger partial charge in [-0.15, -0.1) is 0 Å². The van der Waals surface area contributed by atoms with E-state index in [0.717, 1.165) is 28.5 Å². The molecule has 3 aromatic rings. The standard InChI is InChI=1S/C18H16ClNO3/c1-11-4-5-12-6-13(16(10-21)20(12)9-11)14-7-15(19)18(23-3)8-17(14)22-2/h4-10H,1-3H3. The van der Waals surface area contributed by atoms with Crippen molar-refractivity contribution >= 4 is 23.4 Å². The highest BCUT2D eigenvalue weighted by Crippen LogP contribution is 2.40. The number of nitrogens with zero attached hydrogens (tertiary/aromatic N) is 1. The zero-order valence-corrected chi connectivity index (χ0v) is 13.8. The number of aryl methyl sites for hydroxylation is 1. The van der Waals surface area contributed by atoms with Crippen LogP contribution in [0.1, 0.15) is 16.1 Å². The number of hydrogen-bond acceptors (Lipinski definition) is 3. The summed E-state index contributed by atoms with van der Waals surface area (Å²) in [5.41, 5.74) is 4.08. The van der Waals surface area contributed by atoms with Crippen LogP contribution in [0.2, 0.25) is 5.02 Å². The molecule has 0 amide bonds. The van der Waals surface area contributed by atoms with Crippen molar-refractivity contribution in [2.75, 3.05) is 14.2 Å². The number of halogens is 1. The first-order valence-electron chi connectivity index (χ1n) is 7.07. The topological polar surface area (TPSA) is 39.9 Å². The van der Waals surface area contributed by atoms with Crippen molar-refractivity contribution in [2.24, 2.45) is 0 Å². The lowest BCUT2D eigenvalue weighted by Gasteiger charge is -2.12. The first-order chi connectivity index (χ1) is 11.1. The highest BCUT2D eigenvalue weighted by Gasteiger charge is 2.18. The Kier molecular flexibility index (Phi) is 4.01. The number of pyridine rings is 1. The molecule has 0 saturated heterocycles. The molecule has 2 heterocycles. The van der Waals surface area contributed by atoms with Gasteiger partial charge in [-0.25, -0.2) is 0 Å². The summed E-state index contributed by atoms with van der Waals surface area (Å²) in [4.78, 5) is 11.7. The molecule has 0 spiro atoms. The van der Waals surface area contributed by atoms with E-state index in [0.29, 0.717) is 22.2 Å². The van der Waals surface area contributed by atoms with Gasteiger partial charge in [-0.1, -0.05) is 17.7 Å². The molecular weight excluding hydrogens is 314 g/mol. The lowest BCUT2D eigenvalue weighted by molar-refractivity contribution is 0.111. The smallest absolute Gasteiger partial charge is 0.167 e. The Balaban J connectivity index is 2.32. The van der Waals surface area contributed by atoms with Gasteiger partial charge in [0.05, 0.1) is 24.9 Å². The van der Waals surface area contributed by atoms with Gasteiger partial charge in [0.15, 0.2) is 6.29 Å². The van der Waals surface area contributed by atoms with E-state index in [4.69, 9.17) is 21.1 Å². The van der Waals surface area contributed by atoms with E-state index in [1.165, 1.54) is 0 Å². The Morgan fingerprint density at radius 2 is 1.78 bits per heavy atom. The van der Waals surface area contributed by atoms with Crippen LogP contribution in [0.3, 0.4) is 0 Å². The summed E-state index contributed by atoms with van der Waals surface area (Å²) in [6.07, 6.45) is 2.78. The third kappa shape index (κ3) is 2.55. The maximum atomic E-state index is 11.7. The molecule has 5 heteroatoms. The Hall–Kier alpha value is -2.46. The molecule has 118 valence electrons. The monoisotopic (exact) mass is 329 g/mol. The minimum absolute atomic E-state index is 0.464. The Labute approximate surface area is 139 Å². The lowest BCUT2D eigenvalue weighted by Crippen LogP contribution is -1.95. The van der Waals surface area contributed by atoms with Gasteiger partial charge >= 0.3 is 0 Å². The van der Waals surface area contributed by atoms with Crippen LogP contribution in [0.15, 0.2) is 36.5 Å². The van der Waals surface area contributed by atoms with Crippen LogP contribution in [0.25, 0.3) is 16.6 Å². The first kappa shape index (κ1) is 15.4. The van der Waals surface area contributed by atoms with E-state index in [1.807, 2.05) is 35.7 Å². The van der Waals surface area contributed by atoms with Crippen LogP contribution < -0.4 is 9.47 Å². The quantitative estimate of drug-likeness (QED) is 0.666. The van der Waals surface area contributed by atoms with Crippen molar-refractivity contribution in [3.05, 3.63) is 52.8 Å². The molecule has 1 aromatic carbocycles. The summed E-state index contributed by atoms with van der Waals surface area (Å²) in [6, 6.07) is 9.41. The first-order valence-corrected chi connectivity index (χ1v) is 7.45. The van der Waals surface area contributed by atoms with Crippen molar-refractivity contribution in [1.82, 2.24) is 4.40 Å². The number of hydrogen-bond donors (Lipinski definition) is 0. The van der Waals surface area contributed by atoms with E-state index < -0.39 is 0 Å². The van der Waals surface area contributed by atoms with Crippen molar-refractivity contribution in [2.45, 2.75) is 6.92 Å². The summed E-state index contributed by atoms with van der Waals surface area (Å²) >= 11 is 6.25. The molecule has 0 saturated carbocycles. The maximum absolute atomic E-state index is 11.7. The fourth-order valence-corrected chi connectivity index (χ4v) is 2.94. The molecule has 0 fully saturated rings. The highest BCUT2D eigenvalue weighted by molar-refractivity contribution is 6.32. The number of methoxy groups -OCH3 is 2. The van der Waals surface area contributed by atoms with Crippen molar-refractivity contribution in [1.29, 1.82) is 0 Å². The highest BCUT2D eigenvalue weighted by atomic mass is 35.5. The molecule has 2 aromatic heterocycles. The number of fused-ring (bicyclic) bond motifs is 1. The number of carbonyl (C=O) groups excluding carboxylic acids is 1. The fraction of sp³-hybridized carbons (Fsp3) is 0.167. The van der Waals surface area contributed by atoms with E-state index >= 15 is 0 Å². The number of carbonyl (C=O) groups is 1.